The molecule has 1 aromatic heterocycles. The van der Waals surface area contributed by atoms with E-state index in [0.29, 0.717) is 25.3 Å². The summed E-state index contributed by atoms with van der Waals surface area (Å²) in [6.45, 7) is 7.61. The molecule has 0 saturated carbocycles. The third-order valence-electron chi connectivity index (χ3n) is 3.44. The molecule has 6 heteroatoms. The number of rotatable bonds is 2. The summed E-state index contributed by atoms with van der Waals surface area (Å²) in [6, 6.07) is 1.75. The van der Waals surface area contributed by atoms with E-state index in [0.717, 1.165) is 11.3 Å². The highest BCUT2D eigenvalue weighted by Crippen LogP contribution is 2.06. The number of aromatic amines is 1. The Hall–Kier alpha value is -1.82. The summed E-state index contributed by atoms with van der Waals surface area (Å²) in [5.74, 6) is 0. The van der Waals surface area contributed by atoms with Crippen molar-refractivity contribution in [3.63, 3.8) is 0 Å². The fraction of sp³-hybridized carbons (Fsp3) is 0.571. The molecular formula is C14H21N3O3. The largest absolute Gasteiger partial charge is 0.375 e. The molecule has 1 saturated heterocycles. The van der Waals surface area contributed by atoms with Crippen LogP contribution in [0.25, 0.3) is 0 Å². The van der Waals surface area contributed by atoms with Crippen molar-refractivity contribution in [1.29, 1.82) is 0 Å². The zero-order valence-electron chi connectivity index (χ0n) is 12.2. The number of ether oxygens (including phenoxy) is 1. The predicted molar refractivity (Wildman–Crippen MR) is 75.8 cm³/mol. The van der Waals surface area contributed by atoms with Crippen LogP contribution in [-0.2, 0) is 11.3 Å². The maximum Gasteiger partial charge on any atom is 0.317 e. The van der Waals surface area contributed by atoms with Crippen LogP contribution in [-0.4, -0.2) is 41.7 Å². The highest BCUT2D eigenvalue weighted by Gasteiger charge is 2.21. The van der Waals surface area contributed by atoms with Crippen LogP contribution in [0.5, 0.6) is 0 Å². The summed E-state index contributed by atoms with van der Waals surface area (Å²) in [5.41, 5.74) is 2.18. The van der Waals surface area contributed by atoms with Crippen LogP contribution in [0.4, 0.5) is 4.79 Å². The second-order valence-corrected chi connectivity index (χ2v) is 5.23. The fourth-order valence-electron chi connectivity index (χ4n) is 2.38. The lowest BCUT2D eigenvalue weighted by Gasteiger charge is -2.31. The second kappa shape index (κ2) is 6.09. The van der Waals surface area contributed by atoms with Crippen molar-refractivity contribution in [2.75, 3.05) is 19.7 Å². The standard InChI is InChI=1S/C14H21N3O3/c1-9-6-10(2)16-13(18)12(9)7-15-14(19)17-4-5-20-11(3)8-17/h6,11H,4-5,7-8H2,1-3H3,(H,15,19)(H,16,18)/t11-/m0/s1. The van der Waals surface area contributed by atoms with Crippen LogP contribution in [0.15, 0.2) is 10.9 Å². The van der Waals surface area contributed by atoms with Crippen molar-refractivity contribution in [1.82, 2.24) is 15.2 Å². The first-order valence-electron chi connectivity index (χ1n) is 6.81. The first-order chi connectivity index (χ1) is 9.47. The molecule has 2 N–H and O–H groups in total. The number of urea groups is 1. The van der Waals surface area contributed by atoms with Gasteiger partial charge in [0.05, 0.1) is 19.3 Å². The SMILES string of the molecule is Cc1cc(C)c(CNC(=O)N2CCO[C@@H](C)C2)c(=O)[nH]1. The van der Waals surface area contributed by atoms with Gasteiger partial charge in [0, 0.05) is 24.3 Å². The Morgan fingerprint density at radius 2 is 2.30 bits per heavy atom. The van der Waals surface area contributed by atoms with Gasteiger partial charge in [0.2, 0.25) is 0 Å². The lowest BCUT2D eigenvalue weighted by Crippen LogP contribution is -2.49. The van der Waals surface area contributed by atoms with Gasteiger partial charge in [-0.3, -0.25) is 4.79 Å². The van der Waals surface area contributed by atoms with E-state index in [4.69, 9.17) is 4.74 Å². The van der Waals surface area contributed by atoms with Gasteiger partial charge in [-0.05, 0) is 32.4 Å². The van der Waals surface area contributed by atoms with E-state index in [9.17, 15) is 9.59 Å². The third-order valence-corrected chi connectivity index (χ3v) is 3.44. The molecule has 20 heavy (non-hydrogen) atoms. The van der Waals surface area contributed by atoms with Crippen LogP contribution in [0.1, 0.15) is 23.7 Å². The first-order valence-corrected chi connectivity index (χ1v) is 6.81. The zero-order valence-corrected chi connectivity index (χ0v) is 12.2. The average Bonchev–Trinajstić information content (AvgIpc) is 2.37. The molecule has 2 rings (SSSR count). The number of pyridine rings is 1. The highest BCUT2D eigenvalue weighted by molar-refractivity contribution is 5.74. The van der Waals surface area contributed by atoms with Crippen molar-refractivity contribution >= 4 is 6.03 Å². The molecule has 2 amide bonds. The van der Waals surface area contributed by atoms with Gasteiger partial charge in [0.1, 0.15) is 0 Å². The van der Waals surface area contributed by atoms with Crippen LogP contribution in [0.3, 0.4) is 0 Å². The summed E-state index contributed by atoms with van der Waals surface area (Å²) in [4.78, 5) is 28.4. The van der Waals surface area contributed by atoms with Gasteiger partial charge in [-0.2, -0.15) is 0 Å². The molecule has 6 nitrogen and oxygen atoms in total. The number of hydrogen-bond donors (Lipinski definition) is 2. The number of H-pyrrole nitrogens is 1. The lowest BCUT2D eigenvalue weighted by atomic mass is 10.1. The molecular weight excluding hydrogens is 258 g/mol. The van der Waals surface area contributed by atoms with Gasteiger partial charge in [-0.1, -0.05) is 0 Å². The van der Waals surface area contributed by atoms with E-state index in [1.54, 1.807) is 4.90 Å². The summed E-state index contributed by atoms with van der Waals surface area (Å²) < 4.78 is 5.40. The van der Waals surface area contributed by atoms with Gasteiger partial charge >= 0.3 is 6.03 Å². The minimum absolute atomic E-state index is 0.0546. The number of nitrogens with one attached hydrogen (secondary N) is 2. The minimum Gasteiger partial charge on any atom is -0.375 e. The number of nitrogens with zero attached hydrogens (tertiary/aromatic N) is 1. The molecule has 0 spiro atoms. The molecule has 1 atom stereocenters. The van der Waals surface area contributed by atoms with Gasteiger partial charge in [-0.15, -0.1) is 0 Å². The average molecular weight is 279 g/mol. The third kappa shape index (κ3) is 3.39. The molecule has 2 heterocycles. The van der Waals surface area contributed by atoms with Crippen LogP contribution < -0.4 is 10.9 Å². The van der Waals surface area contributed by atoms with Crippen molar-refractivity contribution in [2.24, 2.45) is 0 Å². The predicted octanol–water partition coefficient (Wildman–Crippen LogP) is 0.922. The molecule has 1 fully saturated rings. The molecule has 0 bridgehead atoms. The van der Waals surface area contributed by atoms with E-state index >= 15 is 0 Å². The smallest absolute Gasteiger partial charge is 0.317 e. The molecule has 110 valence electrons. The van der Waals surface area contributed by atoms with E-state index in [2.05, 4.69) is 10.3 Å². The normalized spacial score (nSPS) is 18.9. The maximum atomic E-state index is 12.1. The summed E-state index contributed by atoms with van der Waals surface area (Å²) >= 11 is 0. The highest BCUT2D eigenvalue weighted by atomic mass is 16.5. The van der Waals surface area contributed by atoms with E-state index in [1.807, 2.05) is 26.8 Å². The Morgan fingerprint density at radius 1 is 1.55 bits per heavy atom. The van der Waals surface area contributed by atoms with Crippen LogP contribution in [0.2, 0.25) is 0 Å². The molecule has 0 aliphatic carbocycles. The summed E-state index contributed by atoms with van der Waals surface area (Å²) in [6.07, 6.45) is 0.0546. The number of carbonyl (C=O) groups excluding carboxylic acids is 1. The summed E-state index contributed by atoms with van der Waals surface area (Å²) in [7, 11) is 0. The fourth-order valence-corrected chi connectivity index (χ4v) is 2.38. The number of aromatic nitrogens is 1. The Kier molecular flexibility index (Phi) is 4.44. The van der Waals surface area contributed by atoms with Gasteiger partial charge in [0.25, 0.3) is 5.56 Å². The molecule has 1 aliphatic heterocycles. The second-order valence-electron chi connectivity index (χ2n) is 5.23. The van der Waals surface area contributed by atoms with Crippen molar-refractivity contribution in [2.45, 2.75) is 33.4 Å². The van der Waals surface area contributed by atoms with E-state index < -0.39 is 0 Å². The quantitative estimate of drug-likeness (QED) is 0.845. The number of hydrogen-bond acceptors (Lipinski definition) is 3. The topological polar surface area (TPSA) is 74.4 Å². The maximum absolute atomic E-state index is 12.1. The lowest BCUT2D eigenvalue weighted by molar-refractivity contribution is -0.00352. The van der Waals surface area contributed by atoms with Crippen LogP contribution >= 0.6 is 0 Å². The van der Waals surface area contributed by atoms with Crippen LogP contribution in [0, 0.1) is 13.8 Å². The zero-order chi connectivity index (χ0) is 14.7. The van der Waals surface area contributed by atoms with Gasteiger partial charge in [0.15, 0.2) is 0 Å². The summed E-state index contributed by atoms with van der Waals surface area (Å²) in [5, 5.41) is 2.80. The first kappa shape index (κ1) is 14.6. The van der Waals surface area contributed by atoms with Gasteiger partial charge < -0.3 is 19.9 Å². The number of aryl methyl sites for hydroxylation is 2. The molecule has 0 radical (unpaired) electrons. The van der Waals surface area contributed by atoms with Crippen molar-refractivity contribution in [3.05, 3.63) is 33.2 Å². The number of amides is 2. The number of carbonyl (C=O) groups is 1. The molecule has 1 aliphatic rings. The Balaban J connectivity index is 1.98. The minimum atomic E-state index is -0.153. The monoisotopic (exact) mass is 279 g/mol. The van der Waals surface area contributed by atoms with Gasteiger partial charge in [-0.25, -0.2) is 4.79 Å². The van der Waals surface area contributed by atoms with E-state index in [-0.39, 0.29) is 24.2 Å². The number of morpholine rings is 1. The Morgan fingerprint density at radius 3 is 2.95 bits per heavy atom. The molecule has 0 aromatic carbocycles. The van der Waals surface area contributed by atoms with Crippen molar-refractivity contribution in [3.8, 4) is 0 Å². The molecule has 0 unspecified atom stereocenters. The Bertz CT molecular complexity index is 553. The van der Waals surface area contributed by atoms with E-state index in [1.165, 1.54) is 0 Å². The Labute approximate surface area is 118 Å². The molecule has 1 aromatic rings. The van der Waals surface area contributed by atoms with Crippen molar-refractivity contribution < 1.29 is 9.53 Å².